The summed E-state index contributed by atoms with van der Waals surface area (Å²) in [7, 11) is 0. The monoisotopic (exact) mass is 169 g/mol. The molecule has 0 bridgehead atoms. The summed E-state index contributed by atoms with van der Waals surface area (Å²) >= 11 is 0. The molecule has 0 aliphatic heterocycles. The minimum absolute atomic E-state index is 0. The molecule has 0 aromatic rings. The number of rotatable bonds is 1. The van der Waals surface area contributed by atoms with Gasteiger partial charge in [0, 0.05) is 17.1 Å². The van der Waals surface area contributed by atoms with Gasteiger partial charge in [0.05, 0.1) is 0 Å². The van der Waals surface area contributed by atoms with E-state index in [0.29, 0.717) is 0 Å². The van der Waals surface area contributed by atoms with E-state index in [4.69, 9.17) is 9.90 Å². The first-order valence-corrected chi connectivity index (χ1v) is 2.15. The Bertz CT molecular complexity index is 79.1. The maximum Gasteiger partial charge on any atom is 0.290 e. The molecule has 0 saturated heterocycles. The first kappa shape index (κ1) is 15.8. The predicted molar refractivity (Wildman–Crippen MR) is 33.7 cm³/mol. The Labute approximate surface area is 65.7 Å². The zero-order chi connectivity index (χ0) is 6.83. The van der Waals surface area contributed by atoms with Gasteiger partial charge in [0.1, 0.15) is 0 Å². The normalized spacial score (nSPS) is 6.33. The largest absolute Gasteiger partial charge is 0.483 e. The second-order valence-electron chi connectivity index (χ2n) is 0.867. The summed E-state index contributed by atoms with van der Waals surface area (Å²) in [5, 5.41) is 6.89. The van der Waals surface area contributed by atoms with E-state index in [1.807, 2.05) is 19.1 Å². The molecular weight excluding hydrogens is 159 g/mol. The van der Waals surface area contributed by atoms with Gasteiger partial charge in [0.25, 0.3) is 6.47 Å². The average molecular weight is 169 g/mol. The Morgan fingerprint density at radius 1 is 1.56 bits per heavy atom. The molecule has 0 fully saturated rings. The standard InChI is InChI=1S/C5H8.CH2O2.Mn/c1-3-5-4-2;2-1-3;/h3-5H,1H2,2H3;1H,(H,2,3);. The van der Waals surface area contributed by atoms with Crippen LogP contribution in [0.25, 0.3) is 0 Å². The molecule has 0 saturated carbocycles. The van der Waals surface area contributed by atoms with Crippen LogP contribution in [-0.4, -0.2) is 11.6 Å². The van der Waals surface area contributed by atoms with Crippen molar-refractivity contribution in [2.24, 2.45) is 0 Å². The van der Waals surface area contributed by atoms with Crippen molar-refractivity contribution < 1.29 is 27.0 Å². The van der Waals surface area contributed by atoms with Gasteiger partial charge in [-0.1, -0.05) is 24.8 Å². The van der Waals surface area contributed by atoms with Crippen LogP contribution in [0.4, 0.5) is 0 Å². The van der Waals surface area contributed by atoms with Crippen molar-refractivity contribution in [3.63, 3.8) is 0 Å². The maximum absolute atomic E-state index is 8.36. The molecule has 1 N–H and O–H groups in total. The van der Waals surface area contributed by atoms with Gasteiger partial charge >= 0.3 is 0 Å². The number of allylic oxidation sites excluding steroid dienone is 3. The van der Waals surface area contributed by atoms with Gasteiger partial charge in [-0.2, -0.15) is 0 Å². The first-order valence-electron chi connectivity index (χ1n) is 2.15. The smallest absolute Gasteiger partial charge is 0.290 e. The number of carboxylic acid groups (broad SMARTS) is 1. The maximum atomic E-state index is 8.36. The third-order valence-corrected chi connectivity index (χ3v) is 0.329. The van der Waals surface area contributed by atoms with Crippen LogP contribution in [0.3, 0.4) is 0 Å². The van der Waals surface area contributed by atoms with Crippen LogP contribution >= 0.6 is 0 Å². The van der Waals surface area contributed by atoms with E-state index in [-0.39, 0.29) is 23.5 Å². The summed E-state index contributed by atoms with van der Waals surface area (Å²) in [6.07, 6.45) is 5.58. The summed E-state index contributed by atoms with van der Waals surface area (Å²) in [5.74, 6) is 0. The summed E-state index contributed by atoms with van der Waals surface area (Å²) in [5.41, 5.74) is 0. The Morgan fingerprint density at radius 2 is 1.89 bits per heavy atom. The summed E-state index contributed by atoms with van der Waals surface area (Å²) in [4.78, 5) is 8.36. The van der Waals surface area contributed by atoms with Crippen LogP contribution in [0.5, 0.6) is 0 Å². The quantitative estimate of drug-likeness (QED) is 0.366. The minimum atomic E-state index is -0.250. The van der Waals surface area contributed by atoms with Gasteiger partial charge in [-0.3, -0.25) is 4.79 Å². The molecule has 0 aliphatic rings. The van der Waals surface area contributed by atoms with Crippen LogP contribution in [-0.2, 0) is 21.9 Å². The third kappa shape index (κ3) is 103. The van der Waals surface area contributed by atoms with Crippen molar-refractivity contribution in [3.05, 3.63) is 24.8 Å². The Morgan fingerprint density at radius 3 is 1.89 bits per heavy atom. The van der Waals surface area contributed by atoms with Crippen LogP contribution in [0.1, 0.15) is 6.92 Å². The van der Waals surface area contributed by atoms with Gasteiger partial charge in [0.2, 0.25) is 0 Å². The van der Waals surface area contributed by atoms with E-state index in [2.05, 4.69) is 6.58 Å². The second-order valence-corrected chi connectivity index (χ2v) is 0.867. The fourth-order valence-corrected chi connectivity index (χ4v) is 0.136. The SMILES string of the molecule is C=CC=CC.O=CO.[Mn]. The Balaban J connectivity index is -0.0000000800. The van der Waals surface area contributed by atoms with Gasteiger partial charge < -0.3 is 5.11 Å². The van der Waals surface area contributed by atoms with Crippen molar-refractivity contribution in [2.75, 3.05) is 0 Å². The summed E-state index contributed by atoms with van der Waals surface area (Å²) in [6.45, 7) is 5.17. The Kier molecular flexibility index (Phi) is 45.6. The molecule has 0 aromatic carbocycles. The topological polar surface area (TPSA) is 37.3 Å². The average Bonchev–Trinajstić information content (AvgIpc) is 1.71. The van der Waals surface area contributed by atoms with Crippen molar-refractivity contribution >= 4 is 6.47 Å². The molecule has 3 heteroatoms. The zero-order valence-corrected chi connectivity index (χ0v) is 6.43. The van der Waals surface area contributed by atoms with E-state index in [0.717, 1.165) is 0 Å². The number of carbonyl (C=O) groups is 1. The minimum Gasteiger partial charge on any atom is -0.483 e. The first-order chi connectivity index (χ1) is 3.83. The molecular formula is C6H10MnO2. The zero-order valence-electron chi connectivity index (χ0n) is 5.25. The van der Waals surface area contributed by atoms with E-state index in [9.17, 15) is 0 Å². The van der Waals surface area contributed by atoms with Crippen molar-refractivity contribution in [1.29, 1.82) is 0 Å². The predicted octanol–water partition coefficient (Wildman–Crippen LogP) is 1.45. The molecule has 0 atom stereocenters. The van der Waals surface area contributed by atoms with Gasteiger partial charge in [0.15, 0.2) is 0 Å². The summed E-state index contributed by atoms with van der Waals surface area (Å²) < 4.78 is 0. The molecule has 0 unspecified atom stereocenters. The molecule has 0 rings (SSSR count). The van der Waals surface area contributed by atoms with Gasteiger partial charge in [-0.05, 0) is 6.92 Å². The van der Waals surface area contributed by atoms with Crippen molar-refractivity contribution in [3.8, 4) is 0 Å². The number of hydrogen-bond acceptors (Lipinski definition) is 1. The molecule has 0 aromatic heterocycles. The fraction of sp³-hybridized carbons (Fsp3) is 0.167. The third-order valence-electron chi connectivity index (χ3n) is 0.329. The molecule has 0 amide bonds. The molecule has 9 heavy (non-hydrogen) atoms. The van der Waals surface area contributed by atoms with Crippen molar-refractivity contribution in [1.82, 2.24) is 0 Å². The second kappa shape index (κ2) is 26.0. The molecule has 0 aliphatic carbocycles. The van der Waals surface area contributed by atoms with E-state index in [1.165, 1.54) is 0 Å². The van der Waals surface area contributed by atoms with Crippen LogP contribution in [0, 0.1) is 0 Å². The van der Waals surface area contributed by atoms with Crippen LogP contribution < -0.4 is 0 Å². The molecule has 2 nitrogen and oxygen atoms in total. The van der Waals surface area contributed by atoms with Gasteiger partial charge in [-0.15, -0.1) is 0 Å². The van der Waals surface area contributed by atoms with Gasteiger partial charge in [-0.25, -0.2) is 0 Å². The van der Waals surface area contributed by atoms with Crippen LogP contribution in [0.2, 0.25) is 0 Å². The molecule has 53 valence electrons. The molecule has 0 heterocycles. The van der Waals surface area contributed by atoms with Crippen molar-refractivity contribution in [2.45, 2.75) is 6.92 Å². The van der Waals surface area contributed by atoms with E-state index < -0.39 is 0 Å². The fourth-order valence-electron chi connectivity index (χ4n) is 0.136. The number of hydrogen-bond donors (Lipinski definition) is 1. The van der Waals surface area contributed by atoms with E-state index in [1.54, 1.807) is 6.08 Å². The van der Waals surface area contributed by atoms with Crippen LogP contribution in [0.15, 0.2) is 24.8 Å². The Hall–Kier alpha value is -0.531. The summed E-state index contributed by atoms with van der Waals surface area (Å²) in [6, 6.07) is 0. The van der Waals surface area contributed by atoms with E-state index >= 15 is 0 Å². The molecule has 0 spiro atoms. The molecule has 1 radical (unpaired) electrons.